The van der Waals surface area contributed by atoms with Crippen LogP contribution in [0.5, 0.6) is 0 Å². The summed E-state index contributed by atoms with van der Waals surface area (Å²) in [5.74, 6) is -1.27. The van der Waals surface area contributed by atoms with Crippen molar-refractivity contribution in [3.05, 3.63) is 94.4 Å². The summed E-state index contributed by atoms with van der Waals surface area (Å²) in [7, 11) is 0. The number of pyridine rings is 1. The molecule has 0 spiro atoms. The molecule has 1 N–H and O–H groups in total. The quantitative estimate of drug-likeness (QED) is 0.359. The van der Waals surface area contributed by atoms with Gasteiger partial charge in [-0.1, -0.05) is 41.4 Å². The van der Waals surface area contributed by atoms with E-state index in [0.717, 1.165) is 27.7 Å². The fourth-order valence-electron chi connectivity index (χ4n) is 3.62. The molecule has 0 bridgehead atoms. The van der Waals surface area contributed by atoms with Gasteiger partial charge in [0.15, 0.2) is 0 Å². The van der Waals surface area contributed by atoms with E-state index >= 15 is 0 Å². The van der Waals surface area contributed by atoms with Gasteiger partial charge in [0.25, 0.3) is 11.7 Å². The van der Waals surface area contributed by atoms with Gasteiger partial charge in [-0.3, -0.25) is 14.6 Å². The van der Waals surface area contributed by atoms with E-state index in [1.165, 1.54) is 6.20 Å². The van der Waals surface area contributed by atoms with Crippen molar-refractivity contribution in [3.63, 3.8) is 0 Å². The van der Waals surface area contributed by atoms with Crippen LogP contribution in [-0.2, 0) is 11.3 Å². The van der Waals surface area contributed by atoms with Crippen LogP contribution in [0.25, 0.3) is 10.9 Å². The molecule has 0 aliphatic rings. The lowest BCUT2D eigenvalue weighted by molar-refractivity contribution is -0.112. The average Bonchev–Trinajstić information content (AvgIpc) is 3.00. The number of rotatable bonds is 5. The predicted octanol–water partition coefficient (Wildman–Crippen LogP) is 5.18. The fourth-order valence-corrected chi connectivity index (χ4v) is 3.82. The lowest BCUT2D eigenvalue weighted by atomic mass is 10.0. The van der Waals surface area contributed by atoms with Gasteiger partial charge in [0, 0.05) is 34.4 Å². The SMILES string of the molecule is Cc1ccc2c(c1)c(C(=O)C(=O)Nc1cccnc1)c(C)n2Cc1ccccc1Cl. The Balaban J connectivity index is 1.79. The van der Waals surface area contributed by atoms with Gasteiger partial charge in [0.05, 0.1) is 17.4 Å². The number of aryl methyl sites for hydroxylation is 1. The Bertz CT molecular complexity index is 1260. The Labute approximate surface area is 179 Å². The summed E-state index contributed by atoms with van der Waals surface area (Å²) in [6, 6.07) is 16.9. The first-order valence-electron chi connectivity index (χ1n) is 9.54. The van der Waals surface area contributed by atoms with Crippen LogP contribution in [0.15, 0.2) is 67.0 Å². The number of nitrogens with one attached hydrogen (secondary N) is 1. The standard InChI is InChI=1S/C24H20ClN3O2/c1-15-9-10-21-19(12-15)22(23(29)24(30)27-18-7-5-11-26-13-18)16(2)28(21)14-17-6-3-4-8-20(17)25/h3-13H,14H2,1-2H3,(H,27,30). The van der Waals surface area contributed by atoms with Crippen molar-refractivity contribution in [1.29, 1.82) is 0 Å². The average molecular weight is 418 g/mol. The Kier molecular flexibility index (Phi) is 5.38. The highest BCUT2D eigenvalue weighted by atomic mass is 35.5. The Morgan fingerprint density at radius 2 is 1.87 bits per heavy atom. The molecule has 1 amide bonds. The van der Waals surface area contributed by atoms with Crippen LogP contribution >= 0.6 is 11.6 Å². The lowest BCUT2D eigenvalue weighted by Crippen LogP contribution is -2.23. The van der Waals surface area contributed by atoms with E-state index in [2.05, 4.69) is 10.3 Å². The molecule has 4 aromatic rings. The van der Waals surface area contributed by atoms with Gasteiger partial charge in [-0.05, 0) is 49.7 Å². The zero-order valence-electron chi connectivity index (χ0n) is 16.6. The Morgan fingerprint density at radius 1 is 1.07 bits per heavy atom. The van der Waals surface area contributed by atoms with Crippen LogP contribution < -0.4 is 5.32 Å². The minimum atomic E-state index is -0.690. The van der Waals surface area contributed by atoms with Gasteiger partial charge in [-0.25, -0.2) is 0 Å². The van der Waals surface area contributed by atoms with Gasteiger partial charge in [0.1, 0.15) is 0 Å². The molecule has 6 heteroatoms. The molecule has 2 aromatic heterocycles. The smallest absolute Gasteiger partial charge is 0.296 e. The van der Waals surface area contributed by atoms with Crippen LogP contribution in [0.1, 0.15) is 27.2 Å². The summed E-state index contributed by atoms with van der Waals surface area (Å²) in [6.45, 7) is 4.32. The fraction of sp³-hybridized carbons (Fsp3) is 0.125. The first-order valence-corrected chi connectivity index (χ1v) is 9.92. The number of halogens is 1. The van der Waals surface area contributed by atoms with Gasteiger partial charge in [-0.2, -0.15) is 0 Å². The number of hydrogen-bond acceptors (Lipinski definition) is 3. The zero-order chi connectivity index (χ0) is 21.3. The van der Waals surface area contributed by atoms with Crippen LogP contribution in [0.3, 0.4) is 0 Å². The number of nitrogens with zero attached hydrogens (tertiary/aromatic N) is 2. The molecule has 0 saturated heterocycles. The molecule has 4 rings (SSSR count). The second-order valence-corrected chi connectivity index (χ2v) is 7.59. The summed E-state index contributed by atoms with van der Waals surface area (Å²) in [5.41, 5.74) is 4.45. The molecule has 2 aromatic carbocycles. The summed E-state index contributed by atoms with van der Waals surface area (Å²) >= 11 is 6.36. The maximum Gasteiger partial charge on any atom is 0.296 e. The molecule has 0 atom stereocenters. The van der Waals surface area contributed by atoms with Crippen LogP contribution in [-0.4, -0.2) is 21.2 Å². The summed E-state index contributed by atoms with van der Waals surface area (Å²) < 4.78 is 2.03. The molecule has 0 fully saturated rings. The number of hydrogen-bond donors (Lipinski definition) is 1. The van der Waals surface area contributed by atoms with Crippen LogP contribution in [0.4, 0.5) is 5.69 Å². The second-order valence-electron chi connectivity index (χ2n) is 7.18. The number of amides is 1. The zero-order valence-corrected chi connectivity index (χ0v) is 17.4. The lowest BCUT2D eigenvalue weighted by Gasteiger charge is -2.10. The summed E-state index contributed by atoms with van der Waals surface area (Å²) in [5, 5.41) is 4.05. The molecular weight excluding hydrogens is 398 g/mol. The molecule has 0 radical (unpaired) electrons. The third kappa shape index (κ3) is 3.72. The highest BCUT2D eigenvalue weighted by molar-refractivity contribution is 6.48. The molecule has 0 unspecified atom stereocenters. The number of carbonyl (C=O) groups excluding carboxylic acids is 2. The van der Waals surface area contributed by atoms with Crippen molar-refractivity contribution in [2.24, 2.45) is 0 Å². The van der Waals surface area contributed by atoms with E-state index in [1.807, 2.05) is 60.9 Å². The van der Waals surface area contributed by atoms with Crippen LogP contribution in [0, 0.1) is 13.8 Å². The molecule has 0 aliphatic heterocycles. The number of carbonyl (C=O) groups is 2. The number of aromatic nitrogens is 2. The van der Waals surface area contributed by atoms with Gasteiger partial charge in [-0.15, -0.1) is 0 Å². The highest BCUT2D eigenvalue weighted by Crippen LogP contribution is 2.29. The normalized spacial score (nSPS) is 10.9. The molecular formula is C24H20ClN3O2. The van der Waals surface area contributed by atoms with Crippen molar-refractivity contribution < 1.29 is 9.59 Å². The van der Waals surface area contributed by atoms with Gasteiger partial charge < -0.3 is 9.88 Å². The van der Waals surface area contributed by atoms with Crippen molar-refractivity contribution in [1.82, 2.24) is 9.55 Å². The van der Waals surface area contributed by atoms with Gasteiger partial charge >= 0.3 is 0 Å². The number of anilines is 1. The summed E-state index contributed by atoms with van der Waals surface area (Å²) in [4.78, 5) is 29.8. The molecule has 5 nitrogen and oxygen atoms in total. The maximum absolute atomic E-state index is 13.2. The second kappa shape index (κ2) is 8.13. The topological polar surface area (TPSA) is 64.0 Å². The minimum absolute atomic E-state index is 0.405. The predicted molar refractivity (Wildman–Crippen MR) is 119 cm³/mol. The maximum atomic E-state index is 13.2. The van der Waals surface area contributed by atoms with E-state index in [-0.39, 0.29) is 0 Å². The molecule has 30 heavy (non-hydrogen) atoms. The molecule has 2 heterocycles. The van der Waals surface area contributed by atoms with E-state index in [9.17, 15) is 9.59 Å². The van der Waals surface area contributed by atoms with Gasteiger partial charge in [0.2, 0.25) is 0 Å². The number of ketones is 1. The monoisotopic (exact) mass is 417 g/mol. The Hall–Kier alpha value is -3.44. The first-order chi connectivity index (χ1) is 14.5. The third-order valence-corrected chi connectivity index (χ3v) is 5.49. The number of benzene rings is 2. The molecule has 150 valence electrons. The van der Waals surface area contributed by atoms with E-state index < -0.39 is 11.7 Å². The largest absolute Gasteiger partial charge is 0.340 e. The molecule has 0 aliphatic carbocycles. The van der Waals surface area contributed by atoms with E-state index in [1.54, 1.807) is 18.3 Å². The van der Waals surface area contributed by atoms with Crippen molar-refractivity contribution >= 4 is 39.9 Å². The van der Waals surface area contributed by atoms with Crippen molar-refractivity contribution in [2.45, 2.75) is 20.4 Å². The van der Waals surface area contributed by atoms with E-state index in [4.69, 9.17) is 11.6 Å². The highest BCUT2D eigenvalue weighted by Gasteiger charge is 2.25. The van der Waals surface area contributed by atoms with Crippen LogP contribution in [0.2, 0.25) is 5.02 Å². The number of fused-ring (bicyclic) bond motifs is 1. The minimum Gasteiger partial charge on any atom is -0.340 e. The Morgan fingerprint density at radius 3 is 2.60 bits per heavy atom. The van der Waals surface area contributed by atoms with Crippen molar-refractivity contribution in [2.75, 3.05) is 5.32 Å². The summed E-state index contributed by atoms with van der Waals surface area (Å²) in [6.07, 6.45) is 3.11. The third-order valence-electron chi connectivity index (χ3n) is 5.12. The number of Topliss-reactive ketones (excluding diaryl/α,β-unsaturated/α-hetero) is 1. The van der Waals surface area contributed by atoms with E-state index in [0.29, 0.717) is 22.8 Å². The molecule has 0 saturated carbocycles. The first kappa shape index (κ1) is 19.9. The van der Waals surface area contributed by atoms with Crippen molar-refractivity contribution in [3.8, 4) is 0 Å².